The Morgan fingerprint density at radius 3 is 2.37 bits per heavy atom. The van der Waals surface area contributed by atoms with Crippen LogP contribution in [-0.4, -0.2) is 36.0 Å². The fourth-order valence-corrected chi connectivity index (χ4v) is 1.82. The summed E-state index contributed by atoms with van der Waals surface area (Å²) in [6, 6.07) is 7.11. The molecule has 0 spiro atoms. The molecule has 0 aliphatic heterocycles. The molecule has 0 fully saturated rings. The summed E-state index contributed by atoms with van der Waals surface area (Å²) >= 11 is 0. The van der Waals surface area contributed by atoms with Crippen LogP contribution in [0, 0.1) is 5.92 Å². The van der Waals surface area contributed by atoms with Crippen molar-refractivity contribution in [2.24, 2.45) is 5.92 Å². The van der Waals surface area contributed by atoms with Gasteiger partial charge < -0.3 is 14.7 Å². The number of carboxylic acid groups (broad SMARTS) is 1. The highest BCUT2D eigenvalue weighted by Gasteiger charge is 2.28. The molecule has 2 atom stereocenters. The van der Waals surface area contributed by atoms with Crippen LogP contribution in [0.3, 0.4) is 0 Å². The Bertz CT molecular complexity index is 472. The van der Waals surface area contributed by atoms with Crippen LogP contribution in [0.5, 0.6) is 5.75 Å². The van der Waals surface area contributed by atoms with Crippen LogP contribution < -0.4 is 4.74 Å². The summed E-state index contributed by atoms with van der Waals surface area (Å²) in [6.45, 7) is 3.22. The number of benzene rings is 1. The number of methoxy groups -OCH3 is 1. The first kappa shape index (κ1) is 15.0. The van der Waals surface area contributed by atoms with E-state index < -0.39 is 17.8 Å². The Labute approximate surface area is 112 Å². The zero-order chi connectivity index (χ0) is 14.6. The third kappa shape index (κ3) is 3.24. The summed E-state index contributed by atoms with van der Waals surface area (Å²) in [5, 5.41) is 8.88. The molecular formula is C14H19NO4. The number of hydrogen-bond acceptors (Lipinski definition) is 3. The molecule has 0 aliphatic carbocycles. The third-order valence-electron chi connectivity index (χ3n) is 3.26. The lowest BCUT2D eigenvalue weighted by Gasteiger charge is -2.27. The quantitative estimate of drug-likeness (QED) is 0.826. The molecule has 1 amide bonds. The number of carbonyl (C=O) groups is 2. The van der Waals surface area contributed by atoms with E-state index in [9.17, 15) is 9.59 Å². The molecule has 1 N–H and O–H groups in total. The summed E-state index contributed by atoms with van der Waals surface area (Å²) < 4.78 is 5.25. The molecule has 2 unspecified atom stereocenters. The SMILES string of the molecule is COc1ccccc1C(C)N(C)C(=O)C(C)C(=O)O. The highest BCUT2D eigenvalue weighted by Crippen LogP contribution is 2.28. The summed E-state index contributed by atoms with van der Waals surface area (Å²) in [7, 11) is 3.16. The minimum Gasteiger partial charge on any atom is -0.496 e. The van der Waals surface area contributed by atoms with Gasteiger partial charge in [-0.25, -0.2) is 0 Å². The first-order valence-electron chi connectivity index (χ1n) is 6.02. The van der Waals surface area contributed by atoms with Gasteiger partial charge in [0.1, 0.15) is 11.7 Å². The van der Waals surface area contributed by atoms with Gasteiger partial charge in [-0.15, -0.1) is 0 Å². The smallest absolute Gasteiger partial charge is 0.315 e. The fourth-order valence-electron chi connectivity index (χ4n) is 1.82. The van der Waals surface area contributed by atoms with Crippen molar-refractivity contribution >= 4 is 11.9 Å². The normalized spacial score (nSPS) is 13.5. The van der Waals surface area contributed by atoms with Crippen molar-refractivity contribution in [3.8, 4) is 5.75 Å². The number of carboxylic acids is 1. The maximum Gasteiger partial charge on any atom is 0.315 e. The van der Waals surface area contributed by atoms with Crippen molar-refractivity contribution in [3.05, 3.63) is 29.8 Å². The second-order valence-corrected chi connectivity index (χ2v) is 4.43. The summed E-state index contributed by atoms with van der Waals surface area (Å²) in [5.41, 5.74) is 0.846. The zero-order valence-electron chi connectivity index (χ0n) is 11.6. The van der Waals surface area contributed by atoms with Gasteiger partial charge in [-0.2, -0.15) is 0 Å². The molecule has 5 heteroatoms. The Morgan fingerprint density at radius 2 is 1.84 bits per heavy atom. The number of hydrogen-bond donors (Lipinski definition) is 1. The highest BCUT2D eigenvalue weighted by atomic mass is 16.5. The van der Waals surface area contributed by atoms with E-state index >= 15 is 0 Å². The molecule has 1 rings (SSSR count). The molecule has 1 aromatic rings. The maximum absolute atomic E-state index is 12.0. The van der Waals surface area contributed by atoms with E-state index in [1.54, 1.807) is 14.2 Å². The molecule has 104 valence electrons. The largest absolute Gasteiger partial charge is 0.496 e. The molecule has 0 saturated heterocycles. The predicted molar refractivity (Wildman–Crippen MR) is 71.0 cm³/mol. The van der Waals surface area contributed by atoms with Crippen molar-refractivity contribution in [2.45, 2.75) is 19.9 Å². The van der Waals surface area contributed by atoms with Gasteiger partial charge in [0.15, 0.2) is 0 Å². The molecule has 5 nitrogen and oxygen atoms in total. The standard InChI is InChI=1S/C14H19NO4/c1-9(14(17)18)13(16)15(3)10(2)11-7-5-6-8-12(11)19-4/h5-10H,1-4H3,(H,17,18). The topological polar surface area (TPSA) is 66.8 Å². The minimum absolute atomic E-state index is 0.259. The number of carbonyl (C=O) groups excluding carboxylic acids is 1. The van der Waals surface area contributed by atoms with Crippen molar-refractivity contribution in [1.29, 1.82) is 0 Å². The number of amides is 1. The number of ether oxygens (including phenoxy) is 1. The van der Waals surface area contributed by atoms with Gasteiger partial charge in [0.05, 0.1) is 13.2 Å². The predicted octanol–water partition coefficient (Wildman–Crippen LogP) is 1.94. The Hall–Kier alpha value is -2.04. The van der Waals surface area contributed by atoms with Crippen LogP contribution in [0.25, 0.3) is 0 Å². The summed E-state index contributed by atoms with van der Waals surface area (Å²) in [4.78, 5) is 24.3. The van der Waals surface area contributed by atoms with Gasteiger partial charge in [0.25, 0.3) is 0 Å². The number of para-hydroxylation sites is 1. The molecule has 1 aromatic carbocycles. The van der Waals surface area contributed by atoms with E-state index in [-0.39, 0.29) is 6.04 Å². The lowest BCUT2D eigenvalue weighted by atomic mass is 10.0. The van der Waals surface area contributed by atoms with Gasteiger partial charge in [-0.05, 0) is 19.9 Å². The van der Waals surface area contributed by atoms with E-state index in [0.29, 0.717) is 5.75 Å². The van der Waals surface area contributed by atoms with Crippen LogP contribution in [0.2, 0.25) is 0 Å². The number of aliphatic carboxylic acids is 1. The molecule has 0 heterocycles. The van der Waals surface area contributed by atoms with Crippen LogP contribution in [0.15, 0.2) is 24.3 Å². The van der Waals surface area contributed by atoms with E-state index in [0.717, 1.165) is 5.56 Å². The van der Waals surface area contributed by atoms with E-state index in [1.807, 2.05) is 31.2 Å². The Balaban J connectivity index is 2.96. The van der Waals surface area contributed by atoms with Crippen LogP contribution >= 0.6 is 0 Å². The average molecular weight is 265 g/mol. The lowest BCUT2D eigenvalue weighted by molar-refractivity contribution is -0.150. The first-order chi connectivity index (χ1) is 8.90. The van der Waals surface area contributed by atoms with Crippen molar-refractivity contribution < 1.29 is 19.4 Å². The second-order valence-electron chi connectivity index (χ2n) is 4.43. The molecule has 0 radical (unpaired) electrons. The van der Waals surface area contributed by atoms with Crippen LogP contribution in [0.4, 0.5) is 0 Å². The minimum atomic E-state index is -1.12. The third-order valence-corrected chi connectivity index (χ3v) is 3.26. The monoisotopic (exact) mass is 265 g/mol. The van der Waals surface area contributed by atoms with E-state index in [1.165, 1.54) is 11.8 Å². The Morgan fingerprint density at radius 1 is 1.26 bits per heavy atom. The van der Waals surface area contributed by atoms with Crippen LogP contribution in [-0.2, 0) is 9.59 Å². The maximum atomic E-state index is 12.0. The van der Waals surface area contributed by atoms with E-state index in [4.69, 9.17) is 9.84 Å². The highest BCUT2D eigenvalue weighted by molar-refractivity contribution is 5.96. The molecule has 0 saturated carbocycles. The molecule has 0 bridgehead atoms. The van der Waals surface area contributed by atoms with Gasteiger partial charge in [-0.1, -0.05) is 18.2 Å². The van der Waals surface area contributed by atoms with Crippen molar-refractivity contribution in [3.63, 3.8) is 0 Å². The van der Waals surface area contributed by atoms with Gasteiger partial charge in [0.2, 0.25) is 5.91 Å². The van der Waals surface area contributed by atoms with Crippen molar-refractivity contribution in [2.75, 3.05) is 14.2 Å². The lowest BCUT2D eigenvalue weighted by Crippen LogP contribution is -2.37. The van der Waals surface area contributed by atoms with Gasteiger partial charge >= 0.3 is 5.97 Å². The second kappa shape index (κ2) is 6.22. The molecule has 0 aromatic heterocycles. The van der Waals surface area contributed by atoms with Gasteiger partial charge in [-0.3, -0.25) is 9.59 Å². The molecule has 0 aliphatic rings. The van der Waals surface area contributed by atoms with Crippen molar-refractivity contribution in [1.82, 2.24) is 4.90 Å². The zero-order valence-corrected chi connectivity index (χ0v) is 11.6. The Kier molecular flexibility index (Phi) is 4.92. The molecular weight excluding hydrogens is 246 g/mol. The summed E-state index contributed by atoms with van der Waals surface area (Å²) in [6.07, 6.45) is 0. The first-order valence-corrected chi connectivity index (χ1v) is 6.02. The van der Waals surface area contributed by atoms with Gasteiger partial charge in [0, 0.05) is 12.6 Å². The van der Waals surface area contributed by atoms with E-state index in [2.05, 4.69) is 0 Å². The summed E-state index contributed by atoms with van der Waals surface area (Å²) in [5.74, 6) is -1.92. The average Bonchev–Trinajstić information content (AvgIpc) is 2.43. The number of nitrogens with zero attached hydrogens (tertiary/aromatic N) is 1. The number of rotatable bonds is 5. The van der Waals surface area contributed by atoms with Crippen LogP contribution in [0.1, 0.15) is 25.5 Å². The fraction of sp³-hybridized carbons (Fsp3) is 0.429. The molecule has 19 heavy (non-hydrogen) atoms.